The number of aliphatic hydroxyl groups excluding tert-OH is 1. The highest BCUT2D eigenvalue weighted by atomic mass is 79.9. The number of benzene rings is 1. The number of carbonyl (C=O) groups excluding carboxylic acids is 4. The molecule has 1 aromatic rings. The van der Waals surface area contributed by atoms with Gasteiger partial charge in [0.05, 0.1) is 39.3 Å². The molecule has 0 aromatic heterocycles. The number of ketones is 2. The Morgan fingerprint density at radius 2 is 1.85 bits per heavy atom. The van der Waals surface area contributed by atoms with Gasteiger partial charge in [0.1, 0.15) is 24.1 Å². The number of hydrogen-bond acceptors (Lipinski definition) is 10. The van der Waals surface area contributed by atoms with Crippen LogP contribution in [0.2, 0.25) is 0 Å². The summed E-state index contributed by atoms with van der Waals surface area (Å²) in [5, 5.41) is 22.0. The lowest BCUT2D eigenvalue weighted by molar-refractivity contribution is -0.336. The van der Waals surface area contributed by atoms with E-state index in [2.05, 4.69) is 31.9 Å². The third-order valence-corrected chi connectivity index (χ3v) is 7.55. The third-order valence-electron chi connectivity index (χ3n) is 6.32. The molecule has 4 aliphatic rings. The van der Waals surface area contributed by atoms with Gasteiger partial charge in [-0.15, -0.1) is 0 Å². The summed E-state index contributed by atoms with van der Waals surface area (Å²) in [6, 6.07) is 1.42. The number of Topliss-reactive ketones (excluding diaryl/α,β-unsaturated/α-hetero) is 2. The molecule has 0 amide bonds. The fourth-order valence-corrected chi connectivity index (χ4v) is 6.42. The first-order valence-corrected chi connectivity index (χ1v) is 12.0. The number of halogens is 2. The van der Waals surface area contributed by atoms with Gasteiger partial charge in [-0.2, -0.15) is 0 Å². The standard InChI is InChI=1S/C22H18Br2O10/c1-6-3-11(31-7(2)25)21(30)22(33-6)16-15(20-10(34-22)5-12(26)32-20)18(28)13-8(23)4-9(24)17(27)14(13)19(16)29/h4,6,10-11,20-21,27,30H,3,5H2,1-2H3. The number of hydrogen-bond donors (Lipinski definition) is 2. The van der Waals surface area contributed by atoms with E-state index in [1.54, 1.807) is 6.92 Å². The molecule has 2 fully saturated rings. The number of aromatic hydroxyl groups is 1. The Balaban J connectivity index is 1.78. The Morgan fingerprint density at radius 3 is 2.53 bits per heavy atom. The first-order valence-electron chi connectivity index (χ1n) is 10.4. The molecule has 3 heterocycles. The van der Waals surface area contributed by atoms with Crippen LogP contribution in [0.5, 0.6) is 5.75 Å². The van der Waals surface area contributed by atoms with E-state index in [0.29, 0.717) is 0 Å². The zero-order valence-electron chi connectivity index (χ0n) is 17.8. The molecule has 0 bridgehead atoms. The van der Waals surface area contributed by atoms with Crippen molar-refractivity contribution >= 4 is 55.4 Å². The van der Waals surface area contributed by atoms with Gasteiger partial charge >= 0.3 is 11.9 Å². The fraction of sp³-hybridized carbons (Fsp3) is 0.455. The van der Waals surface area contributed by atoms with Crippen LogP contribution in [0.4, 0.5) is 0 Å². The highest BCUT2D eigenvalue weighted by Gasteiger charge is 2.65. The lowest BCUT2D eigenvalue weighted by atomic mass is 9.72. The van der Waals surface area contributed by atoms with Crippen LogP contribution in [0.3, 0.4) is 0 Å². The van der Waals surface area contributed by atoms with Crippen molar-refractivity contribution in [3.8, 4) is 5.75 Å². The van der Waals surface area contributed by atoms with Gasteiger partial charge in [-0.1, -0.05) is 0 Å². The highest BCUT2D eigenvalue weighted by Crippen LogP contribution is 2.52. The first-order chi connectivity index (χ1) is 16.0. The summed E-state index contributed by atoms with van der Waals surface area (Å²) in [4.78, 5) is 51.5. The molecule has 34 heavy (non-hydrogen) atoms. The van der Waals surface area contributed by atoms with Crippen molar-refractivity contribution in [1.82, 2.24) is 0 Å². The number of phenolic OH excluding ortho intramolecular Hbond substituents is 1. The number of carbonyl (C=O) groups is 4. The highest BCUT2D eigenvalue weighted by molar-refractivity contribution is 9.11. The first kappa shape index (κ1) is 23.6. The van der Waals surface area contributed by atoms with Crippen LogP contribution in [0.25, 0.3) is 0 Å². The summed E-state index contributed by atoms with van der Waals surface area (Å²) in [5.74, 6) is -5.59. The van der Waals surface area contributed by atoms with Crippen molar-refractivity contribution in [2.45, 2.75) is 63.0 Å². The van der Waals surface area contributed by atoms with E-state index < -0.39 is 71.1 Å². The van der Waals surface area contributed by atoms with Gasteiger partial charge in [0.2, 0.25) is 5.79 Å². The maximum absolute atomic E-state index is 13.9. The molecule has 0 radical (unpaired) electrons. The SMILES string of the molecule is CC(=O)OC1CC(C)OC2(OC3CC(=O)OC3C3=C2C(=O)c2c(O)c(Br)cc(Br)c2C3=O)C1O. The number of phenols is 1. The summed E-state index contributed by atoms with van der Waals surface area (Å²) >= 11 is 6.43. The summed E-state index contributed by atoms with van der Waals surface area (Å²) < 4.78 is 23.1. The molecule has 2 N–H and O–H groups in total. The van der Waals surface area contributed by atoms with Crippen LogP contribution < -0.4 is 0 Å². The summed E-state index contributed by atoms with van der Waals surface area (Å²) in [6.45, 7) is 2.80. The van der Waals surface area contributed by atoms with Crippen molar-refractivity contribution in [3.63, 3.8) is 0 Å². The van der Waals surface area contributed by atoms with Crippen LogP contribution in [0.15, 0.2) is 26.2 Å². The second kappa shape index (κ2) is 7.95. The molecular formula is C22H18Br2O10. The monoisotopic (exact) mass is 600 g/mol. The second-order valence-corrected chi connectivity index (χ2v) is 10.3. The van der Waals surface area contributed by atoms with E-state index in [1.807, 2.05) is 0 Å². The van der Waals surface area contributed by atoms with Crippen LogP contribution >= 0.6 is 31.9 Å². The van der Waals surface area contributed by atoms with E-state index in [1.165, 1.54) is 13.0 Å². The van der Waals surface area contributed by atoms with E-state index in [-0.39, 0.29) is 38.5 Å². The number of aliphatic hydroxyl groups is 1. The Kier molecular flexibility index (Phi) is 5.52. The fourth-order valence-electron chi connectivity index (χ4n) is 5.08. The van der Waals surface area contributed by atoms with Gasteiger partial charge in [0, 0.05) is 17.8 Å². The lowest BCUT2D eigenvalue weighted by Crippen LogP contribution is -2.66. The molecule has 6 atom stereocenters. The minimum atomic E-state index is -2.24. The van der Waals surface area contributed by atoms with Crippen LogP contribution in [0.1, 0.15) is 47.4 Å². The lowest BCUT2D eigenvalue weighted by Gasteiger charge is -2.51. The smallest absolute Gasteiger partial charge is 0.309 e. The molecule has 0 saturated carbocycles. The molecular weight excluding hydrogens is 584 g/mol. The molecule has 1 aliphatic carbocycles. The van der Waals surface area contributed by atoms with Crippen molar-refractivity contribution < 1.29 is 48.3 Å². The third kappa shape index (κ3) is 3.23. The normalized spacial score (nSPS) is 34.5. The van der Waals surface area contributed by atoms with Gasteiger partial charge in [-0.25, -0.2) is 0 Å². The zero-order valence-corrected chi connectivity index (χ0v) is 21.0. The summed E-state index contributed by atoms with van der Waals surface area (Å²) in [5.41, 5.74) is -1.03. The molecule has 1 aromatic carbocycles. The summed E-state index contributed by atoms with van der Waals surface area (Å²) in [6.07, 6.45) is -5.92. The average Bonchev–Trinajstić information content (AvgIpc) is 3.10. The van der Waals surface area contributed by atoms with Gasteiger partial charge in [0.15, 0.2) is 17.7 Å². The van der Waals surface area contributed by atoms with Gasteiger partial charge in [-0.05, 0) is 44.8 Å². The van der Waals surface area contributed by atoms with E-state index in [4.69, 9.17) is 18.9 Å². The maximum Gasteiger partial charge on any atom is 0.309 e. The van der Waals surface area contributed by atoms with Crippen LogP contribution in [0, 0.1) is 0 Å². The molecule has 6 unspecified atom stereocenters. The van der Waals surface area contributed by atoms with Crippen molar-refractivity contribution in [2.75, 3.05) is 0 Å². The quantitative estimate of drug-likeness (QED) is 0.459. The average molecular weight is 602 g/mol. The minimum Gasteiger partial charge on any atom is -0.506 e. The Bertz CT molecular complexity index is 1210. The van der Waals surface area contributed by atoms with Crippen LogP contribution in [-0.4, -0.2) is 70.0 Å². The zero-order chi connectivity index (χ0) is 24.7. The Morgan fingerprint density at radius 1 is 1.15 bits per heavy atom. The molecule has 180 valence electrons. The predicted octanol–water partition coefficient (Wildman–Crippen LogP) is 2.10. The molecule has 3 aliphatic heterocycles. The number of esters is 2. The molecule has 5 rings (SSSR count). The summed E-state index contributed by atoms with van der Waals surface area (Å²) in [7, 11) is 0. The molecule has 2 saturated heterocycles. The largest absolute Gasteiger partial charge is 0.506 e. The van der Waals surface area contributed by atoms with Gasteiger partial charge < -0.3 is 29.2 Å². The topological polar surface area (TPSA) is 146 Å². The van der Waals surface area contributed by atoms with Crippen molar-refractivity contribution in [2.24, 2.45) is 0 Å². The van der Waals surface area contributed by atoms with Crippen molar-refractivity contribution in [1.29, 1.82) is 0 Å². The van der Waals surface area contributed by atoms with Crippen molar-refractivity contribution in [3.05, 3.63) is 37.3 Å². The molecule has 12 heteroatoms. The molecule has 1 spiro atoms. The Hall–Kier alpha value is -2.12. The van der Waals surface area contributed by atoms with E-state index in [9.17, 15) is 29.4 Å². The minimum absolute atomic E-state index is 0.0963. The number of fused-ring (bicyclic) bond motifs is 4. The van der Waals surface area contributed by atoms with Gasteiger partial charge in [-0.3, -0.25) is 19.2 Å². The molecule has 10 nitrogen and oxygen atoms in total. The van der Waals surface area contributed by atoms with E-state index >= 15 is 0 Å². The predicted molar refractivity (Wildman–Crippen MR) is 118 cm³/mol. The van der Waals surface area contributed by atoms with Crippen LogP contribution in [-0.2, 0) is 28.5 Å². The number of rotatable bonds is 1. The Labute approximate surface area is 209 Å². The maximum atomic E-state index is 13.9. The van der Waals surface area contributed by atoms with Gasteiger partial charge in [0.25, 0.3) is 0 Å². The van der Waals surface area contributed by atoms with E-state index in [0.717, 1.165) is 0 Å². The second-order valence-electron chi connectivity index (χ2n) is 8.58. The number of ether oxygens (including phenoxy) is 4.